The van der Waals surface area contributed by atoms with Crippen LogP contribution in [0.2, 0.25) is 0 Å². The number of carboxylic acid groups (broad SMARTS) is 1. The van der Waals surface area contributed by atoms with E-state index in [1.165, 1.54) is 0 Å². The molecule has 5 nitrogen and oxygen atoms in total. The van der Waals surface area contributed by atoms with Crippen molar-refractivity contribution in [3.8, 4) is 0 Å². The van der Waals surface area contributed by atoms with E-state index in [4.69, 9.17) is 5.11 Å². The third kappa shape index (κ3) is 2.80. The van der Waals surface area contributed by atoms with Crippen LogP contribution in [0.3, 0.4) is 0 Å². The Bertz CT molecular complexity index is 402. The molecule has 2 saturated carbocycles. The Morgan fingerprint density at radius 1 is 1.35 bits per heavy atom. The molecule has 0 spiro atoms. The van der Waals surface area contributed by atoms with Gasteiger partial charge in [0.25, 0.3) is 0 Å². The van der Waals surface area contributed by atoms with Crippen molar-refractivity contribution >= 4 is 16.0 Å². The third-order valence-corrected chi connectivity index (χ3v) is 5.84. The zero-order valence-corrected chi connectivity index (χ0v) is 10.7. The number of carbonyl (C=O) groups is 1. The van der Waals surface area contributed by atoms with Crippen LogP contribution >= 0.6 is 0 Å². The fourth-order valence-corrected chi connectivity index (χ4v) is 4.29. The molecule has 0 aliphatic heterocycles. The summed E-state index contributed by atoms with van der Waals surface area (Å²) in [5, 5.41) is 8.85. The van der Waals surface area contributed by atoms with Gasteiger partial charge in [-0.3, -0.25) is 4.79 Å². The number of hydrogen-bond acceptors (Lipinski definition) is 3. The normalized spacial score (nSPS) is 33.8. The first kappa shape index (κ1) is 12.8. The Kier molecular flexibility index (Phi) is 3.45. The maximum atomic E-state index is 11.8. The van der Waals surface area contributed by atoms with Crippen LogP contribution < -0.4 is 4.72 Å². The highest BCUT2D eigenvalue weighted by Gasteiger charge is 2.42. The standard InChI is InChI=1S/C11H19NO4S/c1-2-7-5-8(6-10(7)11(13)14)12-17(15,16)9-3-4-9/h7-10,12H,2-6H2,1H3,(H,13,14). The van der Waals surface area contributed by atoms with Gasteiger partial charge in [-0.15, -0.1) is 0 Å². The summed E-state index contributed by atoms with van der Waals surface area (Å²) >= 11 is 0. The van der Waals surface area contributed by atoms with Gasteiger partial charge in [0.05, 0.1) is 11.2 Å². The van der Waals surface area contributed by atoms with Gasteiger partial charge in [-0.25, -0.2) is 13.1 Å². The quantitative estimate of drug-likeness (QED) is 0.772. The van der Waals surface area contributed by atoms with Crippen molar-refractivity contribution in [2.45, 2.75) is 50.3 Å². The summed E-state index contributed by atoms with van der Waals surface area (Å²) in [4.78, 5) is 11.1. The molecule has 2 N–H and O–H groups in total. The van der Waals surface area contributed by atoms with Crippen LogP contribution in [0, 0.1) is 11.8 Å². The van der Waals surface area contributed by atoms with E-state index in [2.05, 4.69) is 4.72 Å². The zero-order valence-electron chi connectivity index (χ0n) is 9.93. The summed E-state index contributed by atoms with van der Waals surface area (Å²) < 4.78 is 26.2. The number of nitrogens with one attached hydrogen (secondary N) is 1. The van der Waals surface area contributed by atoms with E-state index in [-0.39, 0.29) is 17.2 Å². The van der Waals surface area contributed by atoms with Gasteiger partial charge in [-0.1, -0.05) is 13.3 Å². The second-order valence-electron chi connectivity index (χ2n) is 5.14. The Morgan fingerprint density at radius 2 is 2.00 bits per heavy atom. The summed E-state index contributed by atoms with van der Waals surface area (Å²) in [6.07, 6.45) is 3.35. The SMILES string of the molecule is CCC1CC(NS(=O)(=O)C2CC2)CC1C(=O)O. The topological polar surface area (TPSA) is 83.5 Å². The lowest BCUT2D eigenvalue weighted by atomic mass is 9.94. The highest BCUT2D eigenvalue weighted by molar-refractivity contribution is 7.90. The molecule has 17 heavy (non-hydrogen) atoms. The minimum atomic E-state index is -3.19. The molecule has 0 heterocycles. The minimum absolute atomic E-state index is 0.0967. The average molecular weight is 261 g/mol. The second-order valence-corrected chi connectivity index (χ2v) is 7.14. The summed E-state index contributed by atoms with van der Waals surface area (Å²) in [5.41, 5.74) is 0. The van der Waals surface area contributed by atoms with Crippen LogP contribution in [0.4, 0.5) is 0 Å². The minimum Gasteiger partial charge on any atom is -0.481 e. The molecule has 2 fully saturated rings. The van der Waals surface area contributed by atoms with Crippen LogP contribution in [0.25, 0.3) is 0 Å². The van der Waals surface area contributed by atoms with E-state index in [1.54, 1.807) is 0 Å². The Hall–Kier alpha value is -0.620. The predicted molar refractivity (Wildman–Crippen MR) is 63.0 cm³/mol. The van der Waals surface area contributed by atoms with E-state index in [1.807, 2.05) is 6.92 Å². The van der Waals surface area contributed by atoms with Gasteiger partial charge in [0.15, 0.2) is 0 Å². The van der Waals surface area contributed by atoms with Crippen LogP contribution in [0.5, 0.6) is 0 Å². The summed E-state index contributed by atoms with van der Waals surface area (Å²) in [6.45, 7) is 1.96. The van der Waals surface area contributed by atoms with Crippen molar-refractivity contribution in [2.24, 2.45) is 11.8 Å². The molecular formula is C11H19NO4S. The maximum absolute atomic E-state index is 11.8. The monoisotopic (exact) mass is 261 g/mol. The van der Waals surface area contributed by atoms with E-state index in [0.717, 1.165) is 19.3 Å². The molecule has 98 valence electrons. The Labute approximate surface area is 102 Å². The molecule has 3 unspecified atom stereocenters. The second kappa shape index (κ2) is 4.57. The number of rotatable bonds is 5. The number of hydrogen-bond donors (Lipinski definition) is 2. The molecule has 0 saturated heterocycles. The van der Waals surface area contributed by atoms with Crippen LogP contribution in [-0.2, 0) is 14.8 Å². The largest absolute Gasteiger partial charge is 0.481 e. The Balaban J connectivity index is 1.98. The molecule has 2 rings (SSSR count). The van der Waals surface area contributed by atoms with E-state index < -0.39 is 21.9 Å². The van der Waals surface area contributed by atoms with Crippen LogP contribution in [0.1, 0.15) is 39.0 Å². The first-order valence-corrected chi connectivity index (χ1v) is 7.72. The van der Waals surface area contributed by atoms with Crippen molar-refractivity contribution in [3.05, 3.63) is 0 Å². The van der Waals surface area contributed by atoms with Gasteiger partial charge in [-0.2, -0.15) is 0 Å². The molecule has 0 bridgehead atoms. The fourth-order valence-electron chi connectivity index (χ4n) is 2.68. The van der Waals surface area contributed by atoms with Gasteiger partial charge in [0.1, 0.15) is 0 Å². The summed E-state index contributed by atoms with van der Waals surface area (Å²) in [5.74, 6) is -1.10. The smallest absolute Gasteiger partial charge is 0.306 e. The lowest BCUT2D eigenvalue weighted by Crippen LogP contribution is -2.35. The van der Waals surface area contributed by atoms with Gasteiger partial charge >= 0.3 is 5.97 Å². The molecule has 6 heteroatoms. The van der Waals surface area contributed by atoms with Gasteiger partial charge < -0.3 is 5.11 Å². The molecule has 0 amide bonds. The molecule has 0 aromatic carbocycles. The molecule has 0 aromatic rings. The average Bonchev–Trinajstić information content (AvgIpc) is 3.01. The zero-order chi connectivity index (χ0) is 12.6. The van der Waals surface area contributed by atoms with Crippen LogP contribution in [0.15, 0.2) is 0 Å². The van der Waals surface area contributed by atoms with Gasteiger partial charge in [0, 0.05) is 6.04 Å². The number of aliphatic carboxylic acids is 1. The van der Waals surface area contributed by atoms with Crippen LogP contribution in [-0.4, -0.2) is 30.8 Å². The summed E-state index contributed by atoms with van der Waals surface area (Å²) in [7, 11) is -3.19. The molecular weight excluding hydrogens is 242 g/mol. The Morgan fingerprint density at radius 3 is 2.41 bits per heavy atom. The third-order valence-electron chi connectivity index (χ3n) is 3.83. The van der Waals surface area contributed by atoms with Crippen molar-refractivity contribution in [3.63, 3.8) is 0 Å². The van der Waals surface area contributed by atoms with Crippen molar-refractivity contribution in [1.82, 2.24) is 4.72 Å². The predicted octanol–water partition coefficient (Wildman–Crippen LogP) is 0.958. The molecule has 2 aliphatic carbocycles. The molecule has 0 radical (unpaired) electrons. The van der Waals surface area contributed by atoms with Gasteiger partial charge in [-0.05, 0) is 31.6 Å². The van der Waals surface area contributed by atoms with E-state index >= 15 is 0 Å². The van der Waals surface area contributed by atoms with Crippen molar-refractivity contribution in [1.29, 1.82) is 0 Å². The van der Waals surface area contributed by atoms with Gasteiger partial charge in [0.2, 0.25) is 10.0 Å². The summed E-state index contributed by atoms with van der Waals surface area (Å²) in [6, 6.07) is -0.188. The highest BCUT2D eigenvalue weighted by Crippen LogP contribution is 2.36. The molecule has 2 aliphatic rings. The van der Waals surface area contributed by atoms with Crippen molar-refractivity contribution in [2.75, 3.05) is 0 Å². The maximum Gasteiger partial charge on any atom is 0.306 e. The lowest BCUT2D eigenvalue weighted by Gasteiger charge is -2.12. The first-order valence-electron chi connectivity index (χ1n) is 6.18. The van der Waals surface area contributed by atoms with E-state index in [9.17, 15) is 13.2 Å². The number of sulfonamides is 1. The molecule has 0 aromatic heterocycles. The number of carboxylic acids is 1. The first-order chi connectivity index (χ1) is 7.94. The molecule has 3 atom stereocenters. The highest BCUT2D eigenvalue weighted by atomic mass is 32.2. The fraction of sp³-hybridized carbons (Fsp3) is 0.909. The lowest BCUT2D eigenvalue weighted by molar-refractivity contribution is -0.143. The van der Waals surface area contributed by atoms with Crippen molar-refractivity contribution < 1.29 is 18.3 Å². The van der Waals surface area contributed by atoms with E-state index in [0.29, 0.717) is 12.8 Å².